The monoisotopic (exact) mass is 212 g/mol. The Morgan fingerprint density at radius 2 is 2.20 bits per heavy atom. The molecule has 0 aliphatic carbocycles. The van der Waals surface area contributed by atoms with Crippen molar-refractivity contribution in [3.8, 4) is 0 Å². The van der Waals surface area contributed by atoms with Gasteiger partial charge in [-0.2, -0.15) is 0 Å². The Hall–Kier alpha value is -0.120. The van der Waals surface area contributed by atoms with Gasteiger partial charge in [0.1, 0.15) is 0 Å². The third kappa shape index (κ3) is 2.71. The van der Waals surface area contributed by atoms with Gasteiger partial charge in [0, 0.05) is 31.8 Å². The van der Waals surface area contributed by atoms with Crippen LogP contribution in [0.15, 0.2) is 0 Å². The number of nitrogens with two attached hydrogens (primary N) is 1. The Balaban J connectivity index is 1.90. The molecule has 2 heterocycles. The number of hydrogen-bond acceptors (Lipinski definition) is 3. The summed E-state index contributed by atoms with van der Waals surface area (Å²) >= 11 is 0. The first-order valence-electron chi connectivity index (χ1n) is 6.35. The highest BCUT2D eigenvalue weighted by molar-refractivity contribution is 4.85. The molecule has 0 bridgehead atoms. The quantitative estimate of drug-likeness (QED) is 0.764. The predicted molar refractivity (Wildman–Crippen MR) is 61.8 cm³/mol. The van der Waals surface area contributed by atoms with Crippen molar-refractivity contribution in [2.75, 3.05) is 26.3 Å². The van der Waals surface area contributed by atoms with E-state index < -0.39 is 0 Å². The Labute approximate surface area is 93.0 Å². The number of rotatable bonds is 3. The minimum atomic E-state index is 0.620. The number of hydrogen-bond donors (Lipinski definition) is 1. The van der Waals surface area contributed by atoms with Crippen molar-refractivity contribution < 1.29 is 4.74 Å². The van der Waals surface area contributed by atoms with E-state index in [4.69, 9.17) is 10.5 Å². The number of piperidine rings is 1. The maximum atomic E-state index is 5.86. The number of nitrogens with zero attached hydrogens (tertiary/aromatic N) is 1. The average Bonchev–Trinajstić information content (AvgIpc) is 2.74. The Morgan fingerprint density at radius 1 is 1.33 bits per heavy atom. The van der Waals surface area contributed by atoms with Crippen LogP contribution in [-0.4, -0.2) is 43.3 Å². The standard InChI is InChI=1S/C12H24N2O/c1-10-3-2-4-12(7-13)14(10)8-11-5-6-15-9-11/h10-12H,2-9,13H2,1H3. The van der Waals surface area contributed by atoms with Gasteiger partial charge in [0.05, 0.1) is 6.61 Å². The molecule has 0 aromatic rings. The van der Waals surface area contributed by atoms with Gasteiger partial charge in [0.25, 0.3) is 0 Å². The number of likely N-dealkylation sites (tertiary alicyclic amines) is 1. The summed E-state index contributed by atoms with van der Waals surface area (Å²) in [4.78, 5) is 2.63. The van der Waals surface area contributed by atoms with Gasteiger partial charge in [-0.05, 0) is 32.1 Å². The van der Waals surface area contributed by atoms with Crippen molar-refractivity contribution in [3.63, 3.8) is 0 Å². The normalized spacial score (nSPS) is 38.4. The Morgan fingerprint density at radius 3 is 2.87 bits per heavy atom. The van der Waals surface area contributed by atoms with E-state index in [2.05, 4.69) is 11.8 Å². The molecule has 0 saturated carbocycles. The first-order valence-corrected chi connectivity index (χ1v) is 6.35. The topological polar surface area (TPSA) is 38.5 Å². The molecular weight excluding hydrogens is 188 g/mol. The fourth-order valence-corrected chi connectivity index (χ4v) is 2.95. The van der Waals surface area contributed by atoms with Gasteiger partial charge >= 0.3 is 0 Å². The van der Waals surface area contributed by atoms with Gasteiger partial charge in [-0.3, -0.25) is 4.90 Å². The zero-order valence-electron chi connectivity index (χ0n) is 9.82. The van der Waals surface area contributed by atoms with E-state index in [1.165, 1.54) is 32.2 Å². The van der Waals surface area contributed by atoms with Crippen LogP contribution in [0.4, 0.5) is 0 Å². The van der Waals surface area contributed by atoms with E-state index in [-0.39, 0.29) is 0 Å². The van der Waals surface area contributed by atoms with Gasteiger partial charge < -0.3 is 10.5 Å². The highest BCUT2D eigenvalue weighted by atomic mass is 16.5. The van der Waals surface area contributed by atoms with Crippen LogP contribution in [-0.2, 0) is 4.74 Å². The van der Waals surface area contributed by atoms with Gasteiger partial charge in [-0.25, -0.2) is 0 Å². The zero-order valence-corrected chi connectivity index (χ0v) is 9.82. The highest BCUT2D eigenvalue weighted by Crippen LogP contribution is 2.25. The van der Waals surface area contributed by atoms with Gasteiger partial charge in [-0.15, -0.1) is 0 Å². The molecule has 2 saturated heterocycles. The molecule has 0 spiro atoms. The van der Waals surface area contributed by atoms with Crippen molar-refractivity contribution in [1.29, 1.82) is 0 Å². The summed E-state index contributed by atoms with van der Waals surface area (Å²) in [6.07, 6.45) is 5.21. The molecule has 0 aromatic heterocycles. The summed E-state index contributed by atoms with van der Waals surface area (Å²) in [6.45, 7) is 6.28. The minimum absolute atomic E-state index is 0.620. The summed E-state index contributed by atoms with van der Waals surface area (Å²) in [5.41, 5.74) is 5.86. The van der Waals surface area contributed by atoms with E-state index in [1.54, 1.807) is 0 Å². The van der Waals surface area contributed by atoms with Gasteiger partial charge in [-0.1, -0.05) is 6.42 Å². The van der Waals surface area contributed by atoms with Crippen LogP contribution in [0.3, 0.4) is 0 Å². The SMILES string of the molecule is CC1CCCC(CN)N1CC1CCOC1. The van der Waals surface area contributed by atoms with Crippen LogP contribution in [0.2, 0.25) is 0 Å². The lowest BCUT2D eigenvalue weighted by Crippen LogP contribution is -2.50. The van der Waals surface area contributed by atoms with Crippen molar-refractivity contribution in [1.82, 2.24) is 4.90 Å². The molecule has 2 fully saturated rings. The molecule has 3 atom stereocenters. The maximum Gasteiger partial charge on any atom is 0.0507 e. The summed E-state index contributed by atoms with van der Waals surface area (Å²) in [5.74, 6) is 0.750. The molecule has 2 aliphatic rings. The molecule has 0 aromatic carbocycles. The van der Waals surface area contributed by atoms with Crippen LogP contribution >= 0.6 is 0 Å². The molecular formula is C12H24N2O. The highest BCUT2D eigenvalue weighted by Gasteiger charge is 2.29. The van der Waals surface area contributed by atoms with E-state index in [0.29, 0.717) is 12.1 Å². The molecule has 0 radical (unpaired) electrons. The van der Waals surface area contributed by atoms with Crippen molar-refractivity contribution in [3.05, 3.63) is 0 Å². The third-order valence-corrected chi connectivity index (χ3v) is 3.96. The van der Waals surface area contributed by atoms with Crippen LogP contribution in [0.25, 0.3) is 0 Å². The van der Waals surface area contributed by atoms with Gasteiger partial charge in [0.2, 0.25) is 0 Å². The second-order valence-electron chi connectivity index (χ2n) is 5.10. The summed E-state index contributed by atoms with van der Waals surface area (Å²) in [5, 5.41) is 0. The fraction of sp³-hybridized carbons (Fsp3) is 1.00. The predicted octanol–water partition coefficient (Wildman–Crippen LogP) is 1.22. The summed E-state index contributed by atoms with van der Waals surface area (Å²) in [6, 6.07) is 1.34. The molecule has 88 valence electrons. The summed E-state index contributed by atoms with van der Waals surface area (Å²) in [7, 11) is 0. The maximum absolute atomic E-state index is 5.86. The first-order chi connectivity index (χ1) is 7.31. The number of ether oxygens (including phenoxy) is 1. The largest absolute Gasteiger partial charge is 0.381 e. The van der Waals surface area contributed by atoms with E-state index >= 15 is 0 Å². The zero-order chi connectivity index (χ0) is 10.7. The van der Waals surface area contributed by atoms with Crippen LogP contribution < -0.4 is 5.73 Å². The van der Waals surface area contributed by atoms with Crippen molar-refractivity contribution in [2.45, 2.75) is 44.7 Å². The average molecular weight is 212 g/mol. The first kappa shape index (κ1) is 11.4. The molecule has 2 rings (SSSR count). The fourth-order valence-electron chi connectivity index (χ4n) is 2.95. The molecule has 15 heavy (non-hydrogen) atoms. The lowest BCUT2D eigenvalue weighted by molar-refractivity contribution is 0.0739. The molecule has 3 unspecified atom stereocenters. The molecule has 0 amide bonds. The second-order valence-corrected chi connectivity index (χ2v) is 5.10. The van der Waals surface area contributed by atoms with Gasteiger partial charge in [0.15, 0.2) is 0 Å². The Bertz CT molecular complexity index is 192. The summed E-state index contributed by atoms with van der Waals surface area (Å²) < 4.78 is 5.44. The third-order valence-electron chi connectivity index (χ3n) is 3.96. The van der Waals surface area contributed by atoms with Crippen LogP contribution in [0, 0.1) is 5.92 Å². The van der Waals surface area contributed by atoms with Crippen LogP contribution in [0.5, 0.6) is 0 Å². The van der Waals surface area contributed by atoms with E-state index in [9.17, 15) is 0 Å². The van der Waals surface area contributed by atoms with E-state index in [1.807, 2.05) is 0 Å². The minimum Gasteiger partial charge on any atom is -0.381 e. The van der Waals surface area contributed by atoms with E-state index in [0.717, 1.165) is 25.7 Å². The smallest absolute Gasteiger partial charge is 0.0507 e. The molecule has 3 heteroatoms. The van der Waals surface area contributed by atoms with Crippen LogP contribution in [0.1, 0.15) is 32.6 Å². The molecule has 2 N–H and O–H groups in total. The Kier molecular flexibility index (Phi) is 4.00. The molecule has 2 aliphatic heterocycles. The molecule has 3 nitrogen and oxygen atoms in total. The van der Waals surface area contributed by atoms with Crippen molar-refractivity contribution >= 4 is 0 Å². The lowest BCUT2D eigenvalue weighted by atomic mass is 9.94. The van der Waals surface area contributed by atoms with Crippen molar-refractivity contribution in [2.24, 2.45) is 11.7 Å². The second kappa shape index (κ2) is 5.28. The lowest BCUT2D eigenvalue weighted by Gasteiger charge is -2.41.